The van der Waals surface area contributed by atoms with E-state index < -0.39 is 11.7 Å². The SMILES string of the molecule is CCOc1cc(NC(=O)c2cccc(C)c2)c(OCC)cc1NC(=O)c1ccc(F)cc1. The zero-order valence-corrected chi connectivity index (χ0v) is 18.2. The first-order valence-corrected chi connectivity index (χ1v) is 10.3. The summed E-state index contributed by atoms with van der Waals surface area (Å²) in [6.45, 7) is 6.24. The minimum absolute atomic E-state index is 0.291. The molecule has 0 saturated heterocycles. The number of hydrogen-bond acceptors (Lipinski definition) is 4. The van der Waals surface area contributed by atoms with E-state index >= 15 is 0 Å². The van der Waals surface area contributed by atoms with E-state index in [-0.39, 0.29) is 5.91 Å². The minimum atomic E-state index is -0.427. The number of ether oxygens (including phenoxy) is 2. The maximum absolute atomic E-state index is 13.2. The molecule has 0 saturated carbocycles. The van der Waals surface area contributed by atoms with Crippen LogP contribution in [-0.4, -0.2) is 25.0 Å². The van der Waals surface area contributed by atoms with Crippen molar-refractivity contribution in [2.45, 2.75) is 20.8 Å². The van der Waals surface area contributed by atoms with Gasteiger partial charge >= 0.3 is 0 Å². The Morgan fingerprint density at radius 1 is 0.781 bits per heavy atom. The van der Waals surface area contributed by atoms with E-state index in [2.05, 4.69) is 10.6 Å². The van der Waals surface area contributed by atoms with Gasteiger partial charge in [-0.05, 0) is 57.2 Å². The molecular formula is C25H25FN2O4. The molecule has 0 radical (unpaired) electrons. The molecule has 0 spiro atoms. The number of rotatable bonds is 8. The van der Waals surface area contributed by atoms with Gasteiger partial charge in [-0.3, -0.25) is 9.59 Å². The molecule has 0 atom stereocenters. The van der Waals surface area contributed by atoms with Gasteiger partial charge in [0.15, 0.2) is 0 Å². The highest BCUT2D eigenvalue weighted by Crippen LogP contribution is 2.37. The van der Waals surface area contributed by atoms with E-state index in [4.69, 9.17) is 9.47 Å². The summed E-state index contributed by atoms with van der Waals surface area (Å²) in [5.74, 6) is -0.397. The van der Waals surface area contributed by atoms with E-state index in [9.17, 15) is 14.0 Å². The van der Waals surface area contributed by atoms with Crippen LogP contribution in [0.3, 0.4) is 0 Å². The number of anilines is 2. The molecular weight excluding hydrogens is 411 g/mol. The smallest absolute Gasteiger partial charge is 0.255 e. The maximum atomic E-state index is 13.2. The summed E-state index contributed by atoms with van der Waals surface area (Å²) in [6.07, 6.45) is 0. The number of nitrogens with one attached hydrogen (secondary N) is 2. The third kappa shape index (κ3) is 5.63. The normalized spacial score (nSPS) is 10.4. The van der Waals surface area contributed by atoms with Crippen molar-refractivity contribution in [1.29, 1.82) is 0 Å². The lowest BCUT2D eigenvalue weighted by molar-refractivity contribution is 0.101. The molecule has 6 nitrogen and oxygen atoms in total. The zero-order valence-electron chi connectivity index (χ0n) is 18.2. The number of carbonyl (C=O) groups is 2. The van der Waals surface area contributed by atoms with Crippen molar-refractivity contribution < 1.29 is 23.5 Å². The van der Waals surface area contributed by atoms with Gasteiger partial charge in [-0.25, -0.2) is 4.39 Å². The van der Waals surface area contributed by atoms with Gasteiger partial charge in [0.05, 0.1) is 24.6 Å². The van der Waals surface area contributed by atoms with Crippen LogP contribution in [0.15, 0.2) is 60.7 Å². The van der Waals surface area contributed by atoms with Crippen LogP contribution < -0.4 is 20.1 Å². The first-order valence-electron chi connectivity index (χ1n) is 10.3. The van der Waals surface area contributed by atoms with Gasteiger partial charge in [0.2, 0.25) is 0 Å². The molecule has 3 aromatic carbocycles. The molecule has 3 aromatic rings. The fourth-order valence-electron chi connectivity index (χ4n) is 3.08. The summed E-state index contributed by atoms with van der Waals surface area (Å²) in [6, 6.07) is 15.7. The molecule has 7 heteroatoms. The molecule has 166 valence electrons. The fourth-order valence-corrected chi connectivity index (χ4v) is 3.08. The monoisotopic (exact) mass is 436 g/mol. The molecule has 0 aromatic heterocycles. The van der Waals surface area contributed by atoms with E-state index in [1.54, 1.807) is 24.3 Å². The number of aryl methyl sites for hydroxylation is 1. The number of hydrogen-bond donors (Lipinski definition) is 2. The first kappa shape index (κ1) is 22.8. The van der Waals surface area contributed by atoms with Gasteiger partial charge < -0.3 is 20.1 Å². The quantitative estimate of drug-likeness (QED) is 0.493. The minimum Gasteiger partial charge on any atom is -0.492 e. The molecule has 2 amide bonds. The van der Waals surface area contributed by atoms with Crippen LogP contribution >= 0.6 is 0 Å². The fraction of sp³-hybridized carbons (Fsp3) is 0.200. The predicted octanol–water partition coefficient (Wildman–Crippen LogP) is 5.44. The standard InChI is InChI=1S/C25H25FN2O4/c1-4-31-22-15-21(28-25(30)18-8-6-7-16(3)13-18)23(32-5-2)14-20(22)27-24(29)17-9-11-19(26)12-10-17/h6-15H,4-5H2,1-3H3,(H,27,29)(H,28,30). The molecule has 0 aliphatic heterocycles. The Morgan fingerprint density at radius 3 is 1.81 bits per heavy atom. The average molecular weight is 436 g/mol. The molecule has 32 heavy (non-hydrogen) atoms. The van der Waals surface area contributed by atoms with E-state index in [1.165, 1.54) is 24.3 Å². The lowest BCUT2D eigenvalue weighted by Crippen LogP contribution is -2.16. The van der Waals surface area contributed by atoms with E-state index in [0.717, 1.165) is 5.56 Å². The predicted molar refractivity (Wildman–Crippen MR) is 122 cm³/mol. The lowest BCUT2D eigenvalue weighted by Gasteiger charge is -2.18. The van der Waals surface area contributed by atoms with Crippen molar-refractivity contribution in [2.24, 2.45) is 0 Å². The van der Waals surface area contributed by atoms with E-state index in [1.807, 2.05) is 32.9 Å². The van der Waals surface area contributed by atoms with Gasteiger partial charge in [-0.1, -0.05) is 17.7 Å². The molecule has 0 bridgehead atoms. The third-order valence-corrected chi connectivity index (χ3v) is 4.56. The Balaban J connectivity index is 1.92. The molecule has 2 N–H and O–H groups in total. The van der Waals surface area contributed by atoms with Gasteiger partial charge in [-0.15, -0.1) is 0 Å². The molecule has 0 unspecified atom stereocenters. The Kier molecular flexibility index (Phi) is 7.44. The van der Waals surface area contributed by atoms with Crippen molar-refractivity contribution in [3.8, 4) is 11.5 Å². The number of amides is 2. The summed E-state index contributed by atoms with van der Waals surface area (Å²) in [5, 5.41) is 5.63. The summed E-state index contributed by atoms with van der Waals surface area (Å²) >= 11 is 0. The van der Waals surface area contributed by atoms with Crippen molar-refractivity contribution in [2.75, 3.05) is 23.8 Å². The van der Waals surface area contributed by atoms with Crippen LogP contribution in [-0.2, 0) is 0 Å². The van der Waals surface area contributed by atoms with Gasteiger partial charge in [0.1, 0.15) is 17.3 Å². The first-order chi connectivity index (χ1) is 15.4. The lowest BCUT2D eigenvalue weighted by atomic mass is 10.1. The van der Waals surface area contributed by atoms with Crippen molar-refractivity contribution in [1.82, 2.24) is 0 Å². The number of benzene rings is 3. The second kappa shape index (κ2) is 10.4. The van der Waals surface area contributed by atoms with Crippen LogP contribution in [0.4, 0.5) is 15.8 Å². The van der Waals surface area contributed by atoms with Crippen LogP contribution in [0.2, 0.25) is 0 Å². The molecule has 3 rings (SSSR count). The summed E-state index contributed by atoms with van der Waals surface area (Å²) in [5.41, 5.74) is 2.57. The summed E-state index contributed by atoms with van der Waals surface area (Å²) < 4.78 is 24.6. The highest BCUT2D eigenvalue weighted by Gasteiger charge is 2.17. The van der Waals surface area contributed by atoms with Crippen LogP contribution in [0.5, 0.6) is 11.5 Å². The molecule has 0 heterocycles. The molecule has 0 aliphatic carbocycles. The van der Waals surface area contributed by atoms with Crippen LogP contribution in [0.25, 0.3) is 0 Å². The Labute approximate surface area is 186 Å². The Morgan fingerprint density at radius 2 is 1.31 bits per heavy atom. The largest absolute Gasteiger partial charge is 0.492 e. The number of halogens is 1. The average Bonchev–Trinajstić information content (AvgIpc) is 2.77. The second-order valence-electron chi connectivity index (χ2n) is 7.00. The van der Waals surface area contributed by atoms with Crippen LogP contribution in [0, 0.1) is 12.7 Å². The second-order valence-corrected chi connectivity index (χ2v) is 7.00. The Hall–Kier alpha value is -3.87. The van der Waals surface area contributed by atoms with Crippen molar-refractivity contribution in [3.63, 3.8) is 0 Å². The van der Waals surface area contributed by atoms with Gasteiger partial charge in [0.25, 0.3) is 11.8 Å². The maximum Gasteiger partial charge on any atom is 0.255 e. The summed E-state index contributed by atoms with van der Waals surface area (Å²) in [4.78, 5) is 25.4. The molecule has 0 aliphatic rings. The van der Waals surface area contributed by atoms with Crippen LogP contribution in [0.1, 0.15) is 40.1 Å². The Bertz CT molecular complexity index is 1110. The van der Waals surface area contributed by atoms with Gasteiger partial charge in [0, 0.05) is 23.3 Å². The van der Waals surface area contributed by atoms with E-state index in [0.29, 0.717) is 47.2 Å². The zero-order chi connectivity index (χ0) is 23.1. The third-order valence-electron chi connectivity index (χ3n) is 4.56. The summed E-state index contributed by atoms with van der Waals surface area (Å²) in [7, 11) is 0. The molecule has 0 fully saturated rings. The van der Waals surface area contributed by atoms with Gasteiger partial charge in [-0.2, -0.15) is 0 Å². The topological polar surface area (TPSA) is 76.7 Å². The highest BCUT2D eigenvalue weighted by atomic mass is 19.1. The number of carbonyl (C=O) groups excluding carboxylic acids is 2. The highest BCUT2D eigenvalue weighted by molar-refractivity contribution is 6.07. The van der Waals surface area contributed by atoms with Crippen molar-refractivity contribution >= 4 is 23.2 Å². The van der Waals surface area contributed by atoms with Crippen molar-refractivity contribution in [3.05, 3.63) is 83.2 Å².